The summed E-state index contributed by atoms with van der Waals surface area (Å²) < 4.78 is 5.16. The normalized spacial score (nSPS) is 20.1. The van der Waals surface area contributed by atoms with Crippen LogP contribution in [-0.4, -0.2) is 30.3 Å². The topological polar surface area (TPSA) is 63.2 Å². The molecule has 82 valence electrons. The highest BCUT2D eigenvalue weighted by Crippen LogP contribution is 2.03. The van der Waals surface area contributed by atoms with E-state index in [1.807, 2.05) is 5.38 Å². The summed E-state index contributed by atoms with van der Waals surface area (Å²) in [5.41, 5.74) is 2.64. The lowest BCUT2D eigenvalue weighted by molar-refractivity contribution is 0.188. The van der Waals surface area contributed by atoms with Crippen LogP contribution in [0, 0.1) is 0 Å². The Morgan fingerprint density at radius 1 is 1.73 bits per heavy atom. The third-order valence-electron chi connectivity index (χ3n) is 2.18. The van der Waals surface area contributed by atoms with Crippen LogP contribution in [-0.2, 0) is 11.3 Å². The molecule has 1 fully saturated rings. The number of hydrogen-bond acceptors (Lipinski definition) is 4. The minimum atomic E-state index is -0.154. The van der Waals surface area contributed by atoms with Crippen LogP contribution in [0.1, 0.15) is 12.1 Å². The van der Waals surface area contributed by atoms with Crippen molar-refractivity contribution in [3.05, 3.63) is 16.6 Å². The first kappa shape index (κ1) is 10.4. The number of ether oxygens (including phenoxy) is 1. The summed E-state index contributed by atoms with van der Waals surface area (Å²) in [6.07, 6.45) is 0.893. The molecule has 1 aliphatic heterocycles. The number of nitrogens with one attached hydrogen (secondary N) is 2. The highest BCUT2D eigenvalue weighted by Gasteiger charge is 2.17. The molecular weight excluding hydrogens is 214 g/mol. The first-order valence-electron chi connectivity index (χ1n) is 4.84. The third kappa shape index (κ3) is 3.17. The van der Waals surface area contributed by atoms with Gasteiger partial charge in [0.25, 0.3) is 0 Å². The molecule has 6 heteroatoms. The number of thiazole rings is 1. The Hall–Kier alpha value is -1.14. The highest BCUT2D eigenvalue weighted by molar-refractivity contribution is 7.07. The number of rotatable bonds is 3. The van der Waals surface area contributed by atoms with E-state index in [0.717, 1.165) is 18.7 Å². The molecule has 0 radical (unpaired) electrons. The quantitative estimate of drug-likeness (QED) is 0.800. The molecule has 1 saturated heterocycles. The maximum Gasteiger partial charge on any atom is 0.315 e. The van der Waals surface area contributed by atoms with Gasteiger partial charge in [0.2, 0.25) is 0 Å². The van der Waals surface area contributed by atoms with E-state index in [-0.39, 0.29) is 12.1 Å². The van der Waals surface area contributed by atoms with Crippen LogP contribution in [0.5, 0.6) is 0 Å². The van der Waals surface area contributed by atoms with Gasteiger partial charge in [-0.1, -0.05) is 0 Å². The van der Waals surface area contributed by atoms with Crippen molar-refractivity contribution < 1.29 is 9.53 Å². The fourth-order valence-electron chi connectivity index (χ4n) is 1.38. The molecule has 2 N–H and O–H groups in total. The summed E-state index contributed by atoms with van der Waals surface area (Å²) in [4.78, 5) is 15.5. The predicted octanol–water partition coefficient (Wildman–Crippen LogP) is 0.731. The second kappa shape index (κ2) is 5.09. The van der Waals surface area contributed by atoms with Gasteiger partial charge in [0.1, 0.15) is 0 Å². The monoisotopic (exact) mass is 227 g/mol. The van der Waals surface area contributed by atoms with Crippen LogP contribution < -0.4 is 10.6 Å². The molecule has 1 unspecified atom stereocenters. The summed E-state index contributed by atoms with van der Waals surface area (Å²) in [7, 11) is 0. The van der Waals surface area contributed by atoms with Gasteiger partial charge in [-0.25, -0.2) is 9.78 Å². The number of amides is 2. The van der Waals surface area contributed by atoms with Crippen LogP contribution in [0.4, 0.5) is 4.79 Å². The molecule has 2 amide bonds. The van der Waals surface area contributed by atoms with Gasteiger partial charge in [0.15, 0.2) is 0 Å². The van der Waals surface area contributed by atoms with Crippen molar-refractivity contribution in [3.8, 4) is 0 Å². The number of aromatic nitrogens is 1. The Morgan fingerprint density at radius 2 is 2.67 bits per heavy atom. The van der Waals surface area contributed by atoms with E-state index >= 15 is 0 Å². The number of carbonyl (C=O) groups excluding carboxylic acids is 1. The van der Waals surface area contributed by atoms with Crippen molar-refractivity contribution in [1.82, 2.24) is 15.6 Å². The maximum absolute atomic E-state index is 11.4. The van der Waals surface area contributed by atoms with Gasteiger partial charge in [0.05, 0.1) is 30.4 Å². The molecule has 2 heterocycles. The van der Waals surface area contributed by atoms with E-state index in [4.69, 9.17) is 4.74 Å². The van der Waals surface area contributed by atoms with Gasteiger partial charge < -0.3 is 15.4 Å². The zero-order valence-corrected chi connectivity index (χ0v) is 9.05. The van der Waals surface area contributed by atoms with Gasteiger partial charge in [-0.05, 0) is 6.42 Å². The number of carbonyl (C=O) groups is 1. The van der Waals surface area contributed by atoms with E-state index in [2.05, 4.69) is 15.6 Å². The minimum absolute atomic E-state index is 0.153. The standard InChI is InChI=1S/C9H13N3O2S/c13-9(12-7-1-2-14-4-7)10-3-8-5-15-6-11-8/h5-7H,1-4H2,(H2,10,12,13). The maximum atomic E-state index is 11.4. The lowest BCUT2D eigenvalue weighted by Gasteiger charge is -2.10. The van der Waals surface area contributed by atoms with E-state index < -0.39 is 0 Å². The van der Waals surface area contributed by atoms with Crippen LogP contribution in [0.25, 0.3) is 0 Å². The summed E-state index contributed by atoms with van der Waals surface area (Å²) in [6.45, 7) is 1.82. The Bertz CT molecular complexity index is 309. The van der Waals surface area contributed by atoms with Gasteiger partial charge in [-0.2, -0.15) is 0 Å². The van der Waals surface area contributed by atoms with E-state index in [9.17, 15) is 4.79 Å². The Kier molecular flexibility index (Phi) is 3.52. The van der Waals surface area contributed by atoms with Crippen LogP contribution in [0.3, 0.4) is 0 Å². The second-order valence-electron chi connectivity index (χ2n) is 3.37. The SMILES string of the molecule is O=C(NCc1cscn1)NC1CCOC1. The fraction of sp³-hybridized carbons (Fsp3) is 0.556. The largest absolute Gasteiger partial charge is 0.379 e. The summed E-state index contributed by atoms with van der Waals surface area (Å²) in [5.74, 6) is 0. The van der Waals surface area contributed by atoms with Gasteiger partial charge in [0, 0.05) is 12.0 Å². The van der Waals surface area contributed by atoms with Gasteiger partial charge in [-0.3, -0.25) is 0 Å². The van der Waals surface area contributed by atoms with Crippen molar-refractivity contribution >= 4 is 17.4 Å². The summed E-state index contributed by atoms with van der Waals surface area (Å²) in [5, 5.41) is 7.51. The van der Waals surface area contributed by atoms with E-state index in [0.29, 0.717) is 13.2 Å². The van der Waals surface area contributed by atoms with Crippen molar-refractivity contribution in [2.75, 3.05) is 13.2 Å². The van der Waals surface area contributed by atoms with Crippen molar-refractivity contribution in [1.29, 1.82) is 0 Å². The zero-order valence-electron chi connectivity index (χ0n) is 8.23. The molecule has 0 saturated carbocycles. The molecule has 1 aromatic heterocycles. The molecule has 0 bridgehead atoms. The average Bonchev–Trinajstić information content (AvgIpc) is 2.86. The first-order valence-corrected chi connectivity index (χ1v) is 5.78. The molecule has 2 rings (SSSR count). The molecule has 1 aliphatic rings. The minimum Gasteiger partial charge on any atom is -0.379 e. The van der Waals surface area contributed by atoms with Gasteiger partial charge in [-0.15, -0.1) is 11.3 Å². The van der Waals surface area contributed by atoms with Crippen LogP contribution >= 0.6 is 11.3 Å². The average molecular weight is 227 g/mol. The van der Waals surface area contributed by atoms with Crippen molar-refractivity contribution in [3.63, 3.8) is 0 Å². The lowest BCUT2D eigenvalue weighted by Crippen LogP contribution is -2.42. The second-order valence-corrected chi connectivity index (χ2v) is 4.09. The number of hydrogen-bond donors (Lipinski definition) is 2. The van der Waals surface area contributed by atoms with Crippen molar-refractivity contribution in [2.45, 2.75) is 19.0 Å². The third-order valence-corrected chi connectivity index (χ3v) is 2.81. The molecule has 1 aromatic rings. The summed E-state index contributed by atoms with van der Waals surface area (Å²) >= 11 is 1.52. The Labute approximate surface area is 91.9 Å². The number of nitrogens with zero attached hydrogens (tertiary/aromatic N) is 1. The van der Waals surface area contributed by atoms with Crippen LogP contribution in [0.2, 0.25) is 0 Å². The van der Waals surface area contributed by atoms with E-state index in [1.165, 1.54) is 11.3 Å². The van der Waals surface area contributed by atoms with Crippen LogP contribution in [0.15, 0.2) is 10.9 Å². The molecule has 15 heavy (non-hydrogen) atoms. The number of urea groups is 1. The fourth-order valence-corrected chi connectivity index (χ4v) is 1.94. The van der Waals surface area contributed by atoms with E-state index in [1.54, 1.807) is 5.51 Å². The van der Waals surface area contributed by atoms with Crippen molar-refractivity contribution in [2.24, 2.45) is 0 Å². The molecule has 0 spiro atoms. The summed E-state index contributed by atoms with van der Waals surface area (Å²) in [6, 6.07) is -0.000987. The molecular formula is C9H13N3O2S. The molecule has 0 aliphatic carbocycles. The zero-order chi connectivity index (χ0) is 10.5. The molecule has 1 atom stereocenters. The lowest BCUT2D eigenvalue weighted by atomic mass is 10.3. The smallest absolute Gasteiger partial charge is 0.315 e. The predicted molar refractivity (Wildman–Crippen MR) is 56.7 cm³/mol. The highest BCUT2D eigenvalue weighted by atomic mass is 32.1. The first-order chi connectivity index (χ1) is 7.34. The Morgan fingerprint density at radius 3 is 3.33 bits per heavy atom. The Balaban J connectivity index is 1.68. The molecule has 5 nitrogen and oxygen atoms in total. The van der Waals surface area contributed by atoms with Gasteiger partial charge >= 0.3 is 6.03 Å². The molecule has 0 aromatic carbocycles.